The SMILES string of the molecule is O=C(O)Cc1ccccc1N1OCCC1=O. The van der Waals surface area contributed by atoms with Crippen LogP contribution >= 0.6 is 0 Å². The van der Waals surface area contributed by atoms with Crippen molar-refractivity contribution in [2.45, 2.75) is 12.8 Å². The molecule has 0 unspecified atom stereocenters. The largest absolute Gasteiger partial charge is 0.481 e. The van der Waals surface area contributed by atoms with Crippen LogP contribution in [-0.4, -0.2) is 23.6 Å². The molecule has 2 rings (SSSR count). The van der Waals surface area contributed by atoms with Gasteiger partial charge in [-0.25, -0.2) is 0 Å². The van der Waals surface area contributed by atoms with Crippen molar-refractivity contribution >= 4 is 17.6 Å². The van der Waals surface area contributed by atoms with E-state index in [-0.39, 0.29) is 12.3 Å². The van der Waals surface area contributed by atoms with Crippen LogP contribution in [-0.2, 0) is 20.8 Å². The van der Waals surface area contributed by atoms with Crippen LogP contribution in [0.5, 0.6) is 0 Å². The molecule has 1 aromatic rings. The lowest BCUT2D eigenvalue weighted by Gasteiger charge is -2.17. The van der Waals surface area contributed by atoms with E-state index in [4.69, 9.17) is 9.94 Å². The fourth-order valence-electron chi connectivity index (χ4n) is 1.62. The molecule has 1 aromatic carbocycles. The Morgan fingerprint density at radius 1 is 1.44 bits per heavy atom. The van der Waals surface area contributed by atoms with E-state index in [2.05, 4.69) is 0 Å². The molecule has 1 heterocycles. The van der Waals surface area contributed by atoms with Gasteiger partial charge in [0.2, 0.25) is 0 Å². The zero-order valence-electron chi connectivity index (χ0n) is 8.55. The smallest absolute Gasteiger partial charge is 0.307 e. The van der Waals surface area contributed by atoms with Gasteiger partial charge in [-0.1, -0.05) is 18.2 Å². The van der Waals surface area contributed by atoms with Gasteiger partial charge in [-0.05, 0) is 11.6 Å². The Kier molecular flexibility index (Phi) is 2.87. The van der Waals surface area contributed by atoms with Crippen LogP contribution in [0.15, 0.2) is 24.3 Å². The fraction of sp³-hybridized carbons (Fsp3) is 0.273. The molecule has 0 aliphatic carbocycles. The Morgan fingerprint density at radius 3 is 2.81 bits per heavy atom. The van der Waals surface area contributed by atoms with Gasteiger partial charge in [-0.2, -0.15) is 5.06 Å². The first-order valence-corrected chi connectivity index (χ1v) is 4.94. The van der Waals surface area contributed by atoms with Crippen LogP contribution < -0.4 is 5.06 Å². The average molecular weight is 221 g/mol. The predicted molar refractivity (Wildman–Crippen MR) is 55.8 cm³/mol. The molecule has 1 fully saturated rings. The van der Waals surface area contributed by atoms with Gasteiger partial charge in [-0.15, -0.1) is 0 Å². The number of aliphatic carboxylic acids is 1. The molecule has 1 N–H and O–H groups in total. The Hall–Kier alpha value is -1.88. The molecular weight excluding hydrogens is 210 g/mol. The molecule has 0 bridgehead atoms. The lowest BCUT2D eigenvalue weighted by Crippen LogP contribution is -2.24. The minimum Gasteiger partial charge on any atom is -0.481 e. The molecule has 5 heteroatoms. The first-order chi connectivity index (χ1) is 7.68. The van der Waals surface area contributed by atoms with Crippen molar-refractivity contribution in [1.29, 1.82) is 0 Å². The third-order valence-electron chi connectivity index (χ3n) is 2.31. The summed E-state index contributed by atoms with van der Waals surface area (Å²) in [5.74, 6) is -1.07. The van der Waals surface area contributed by atoms with E-state index in [9.17, 15) is 9.59 Å². The third-order valence-corrected chi connectivity index (χ3v) is 2.31. The molecule has 16 heavy (non-hydrogen) atoms. The maximum absolute atomic E-state index is 11.5. The quantitative estimate of drug-likeness (QED) is 0.826. The number of hydrogen-bond donors (Lipinski definition) is 1. The summed E-state index contributed by atoms with van der Waals surface area (Å²) in [4.78, 5) is 27.3. The summed E-state index contributed by atoms with van der Waals surface area (Å²) in [5.41, 5.74) is 1.10. The number of hydrogen-bond acceptors (Lipinski definition) is 3. The number of benzene rings is 1. The van der Waals surface area contributed by atoms with Gasteiger partial charge in [0, 0.05) is 0 Å². The Balaban J connectivity index is 2.32. The molecule has 84 valence electrons. The van der Waals surface area contributed by atoms with Crippen molar-refractivity contribution in [3.63, 3.8) is 0 Å². The lowest BCUT2D eigenvalue weighted by atomic mass is 10.1. The number of anilines is 1. The van der Waals surface area contributed by atoms with Crippen molar-refractivity contribution in [3.8, 4) is 0 Å². The summed E-state index contributed by atoms with van der Waals surface area (Å²) in [6, 6.07) is 6.85. The highest BCUT2D eigenvalue weighted by molar-refractivity contribution is 5.94. The topological polar surface area (TPSA) is 66.8 Å². The van der Waals surface area contributed by atoms with Crippen molar-refractivity contribution in [2.24, 2.45) is 0 Å². The van der Waals surface area contributed by atoms with Crippen molar-refractivity contribution < 1.29 is 19.5 Å². The summed E-state index contributed by atoms with van der Waals surface area (Å²) in [6.45, 7) is 0.347. The standard InChI is InChI=1S/C11H11NO4/c13-10-5-6-16-12(10)9-4-2-1-3-8(9)7-11(14)15/h1-4H,5-7H2,(H,14,15). The van der Waals surface area contributed by atoms with Crippen LogP contribution in [0.4, 0.5) is 5.69 Å². The number of carboxylic acids is 1. The minimum absolute atomic E-state index is 0.122. The molecule has 1 aliphatic rings. The van der Waals surface area contributed by atoms with Gasteiger partial charge in [0.05, 0.1) is 25.1 Å². The Morgan fingerprint density at radius 2 is 2.19 bits per heavy atom. The maximum Gasteiger partial charge on any atom is 0.307 e. The molecule has 1 saturated heterocycles. The number of hydroxylamine groups is 1. The summed E-state index contributed by atoms with van der Waals surface area (Å²) >= 11 is 0. The molecule has 1 aliphatic heterocycles. The summed E-state index contributed by atoms with van der Waals surface area (Å²) < 4.78 is 0. The summed E-state index contributed by atoms with van der Waals surface area (Å²) in [5, 5.41) is 9.93. The highest BCUT2D eigenvalue weighted by atomic mass is 16.7. The Bertz CT molecular complexity index is 430. The first-order valence-electron chi connectivity index (χ1n) is 4.94. The average Bonchev–Trinajstić information content (AvgIpc) is 2.64. The van der Waals surface area contributed by atoms with Gasteiger partial charge >= 0.3 is 5.97 Å². The monoisotopic (exact) mass is 221 g/mol. The number of amides is 1. The van der Waals surface area contributed by atoms with Crippen LogP contribution in [0.25, 0.3) is 0 Å². The maximum atomic E-state index is 11.5. The highest BCUT2D eigenvalue weighted by Gasteiger charge is 2.25. The van der Waals surface area contributed by atoms with Gasteiger partial charge in [-0.3, -0.25) is 14.4 Å². The molecule has 0 radical (unpaired) electrons. The number of carboxylic acid groups (broad SMARTS) is 1. The number of nitrogens with zero attached hydrogens (tertiary/aromatic N) is 1. The van der Waals surface area contributed by atoms with E-state index in [1.807, 2.05) is 0 Å². The lowest BCUT2D eigenvalue weighted by molar-refractivity contribution is -0.136. The molecular formula is C11H11NO4. The second kappa shape index (κ2) is 4.32. The van der Waals surface area contributed by atoms with E-state index >= 15 is 0 Å². The number of carbonyl (C=O) groups excluding carboxylic acids is 1. The van der Waals surface area contributed by atoms with E-state index in [1.54, 1.807) is 24.3 Å². The summed E-state index contributed by atoms with van der Waals surface area (Å²) in [6.07, 6.45) is 0.213. The highest BCUT2D eigenvalue weighted by Crippen LogP contribution is 2.24. The normalized spacial score (nSPS) is 15.5. The predicted octanol–water partition coefficient (Wildman–Crippen LogP) is 0.982. The number of carbonyl (C=O) groups is 2. The fourth-order valence-corrected chi connectivity index (χ4v) is 1.62. The minimum atomic E-state index is -0.931. The second-order valence-electron chi connectivity index (χ2n) is 3.47. The van der Waals surface area contributed by atoms with Crippen LogP contribution in [0.2, 0.25) is 0 Å². The molecule has 0 spiro atoms. The van der Waals surface area contributed by atoms with Crippen LogP contribution in [0.1, 0.15) is 12.0 Å². The van der Waals surface area contributed by atoms with Gasteiger partial charge < -0.3 is 5.11 Å². The van der Waals surface area contributed by atoms with Crippen LogP contribution in [0, 0.1) is 0 Å². The zero-order valence-corrected chi connectivity index (χ0v) is 8.55. The first kappa shape index (κ1) is 10.6. The van der Waals surface area contributed by atoms with Gasteiger partial charge in [0.15, 0.2) is 0 Å². The van der Waals surface area contributed by atoms with E-state index < -0.39 is 5.97 Å². The molecule has 0 atom stereocenters. The molecule has 0 saturated carbocycles. The van der Waals surface area contributed by atoms with Crippen LogP contribution in [0.3, 0.4) is 0 Å². The van der Waals surface area contributed by atoms with Crippen molar-refractivity contribution in [2.75, 3.05) is 11.7 Å². The van der Waals surface area contributed by atoms with E-state index in [0.29, 0.717) is 24.3 Å². The molecule has 5 nitrogen and oxygen atoms in total. The third kappa shape index (κ3) is 2.04. The van der Waals surface area contributed by atoms with Gasteiger partial charge in [0.1, 0.15) is 0 Å². The van der Waals surface area contributed by atoms with Crippen molar-refractivity contribution in [1.82, 2.24) is 0 Å². The Labute approximate surface area is 92.2 Å². The number of para-hydroxylation sites is 1. The van der Waals surface area contributed by atoms with Crippen molar-refractivity contribution in [3.05, 3.63) is 29.8 Å². The van der Waals surface area contributed by atoms with E-state index in [1.165, 1.54) is 5.06 Å². The second-order valence-corrected chi connectivity index (χ2v) is 3.47. The van der Waals surface area contributed by atoms with Gasteiger partial charge in [0.25, 0.3) is 5.91 Å². The molecule has 1 amide bonds. The molecule has 0 aromatic heterocycles. The number of rotatable bonds is 3. The summed E-state index contributed by atoms with van der Waals surface area (Å²) in [7, 11) is 0. The van der Waals surface area contributed by atoms with E-state index in [0.717, 1.165) is 0 Å². The zero-order chi connectivity index (χ0) is 11.5.